The fraction of sp³-hybridized carbons (Fsp3) is 0.250. The highest BCUT2D eigenvalue weighted by Crippen LogP contribution is 2.18. The standard InChI is InChI=1S/C16H18N2O2/c1-3-15(12-6-4-11(2)5-7-12)18-16(20)13-8-14(19)10-17-9-13/h4-10,15,19H,3H2,1-2H3,(H,18,20). The minimum Gasteiger partial charge on any atom is -0.506 e. The summed E-state index contributed by atoms with van der Waals surface area (Å²) in [5.74, 6) is -0.248. The van der Waals surface area contributed by atoms with Gasteiger partial charge in [0.1, 0.15) is 5.75 Å². The molecule has 0 saturated heterocycles. The molecule has 0 saturated carbocycles. The molecule has 1 unspecified atom stereocenters. The predicted octanol–water partition coefficient (Wildman–Crippen LogP) is 2.98. The average Bonchev–Trinajstić information content (AvgIpc) is 2.45. The van der Waals surface area contributed by atoms with Crippen LogP contribution in [0.5, 0.6) is 5.75 Å². The summed E-state index contributed by atoms with van der Waals surface area (Å²) in [6.07, 6.45) is 3.53. The summed E-state index contributed by atoms with van der Waals surface area (Å²) in [6, 6.07) is 9.45. The van der Waals surface area contributed by atoms with Crippen LogP contribution in [0, 0.1) is 6.92 Å². The van der Waals surface area contributed by atoms with Crippen LogP contribution in [0.2, 0.25) is 0 Å². The van der Waals surface area contributed by atoms with Crippen LogP contribution in [-0.4, -0.2) is 16.0 Å². The van der Waals surface area contributed by atoms with Gasteiger partial charge < -0.3 is 10.4 Å². The highest BCUT2D eigenvalue weighted by molar-refractivity contribution is 5.94. The zero-order valence-electron chi connectivity index (χ0n) is 11.6. The van der Waals surface area contributed by atoms with Crippen molar-refractivity contribution in [1.29, 1.82) is 0 Å². The Hall–Kier alpha value is -2.36. The van der Waals surface area contributed by atoms with E-state index in [0.717, 1.165) is 12.0 Å². The first-order chi connectivity index (χ1) is 9.60. The van der Waals surface area contributed by atoms with Crippen molar-refractivity contribution in [3.05, 3.63) is 59.4 Å². The van der Waals surface area contributed by atoms with Gasteiger partial charge in [0, 0.05) is 6.20 Å². The average molecular weight is 270 g/mol. The first kappa shape index (κ1) is 14.1. The van der Waals surface area contributed by atoms with Gasteiger partial charge >= 0.3 is 0 Å². The molecule has 1 aromatic heterocycles. The number of hydrogen-bond acceptors (Lipinski definition) is 3. The van der Waals surface area contributed by atoms with Crippen LogP contribution in [0.25, 0.3) is 0 Å². The normalized spacial score (nSPS) is 11.9. The molecule has 2 aromatic rings. The van der Waals surface area contributed by atoms with Gasteiger partial charge in [-0.15, -0.1) is 0 Å². The maximum absolute atomic E-state index is 12.1. The smallest absolute Gasteiger partial charge is 0.253 e. The summed E-state index contributed by atoms with van der Waals surface area (Å²) < 4.78 is 0. The van der Waals surface area contributed by atoms with Crippen molar-refractivity contribution in [3.63, 3.8) is 0 Å². The number of hydrogen-bond donors (Lipinski definition) is 2. The first-order valence-corrected chi connectivity index (χ1v) is 6.61. The van der Waals surface area contributed by atoms with Crippen LogP contribution in [0.4, 0.5) is 0 Å². The molecule has 104 valence electrons. The molecule has 20 heavy (non-hydrogen) atoms. The monoisotopic (exact) mass is 270 g/mol. The number of nitrogens with zero attached hydrogens (tertiary/aromatic N) is 1. The van der Waals surface area contributed by atoms with Gasteiger partial charge in [0.25, 0.3) is 5.91 Å². The number of aromatic nitrogens is 1. The number of amides is 1. The molecule has 2 rings (SSSR count). The number of carbonyl (C=O) groups is 1. The van der Waals surface area contributed by atoms with Gasteiger partial charge in [-0.2, -0.15) is 0 Å². The predicted molar refractivity (Wildman–Crippen MR) is 77.6 cm³/mol. The Morgan fingerprint density at radius 2 is 2.00 bits per heavy atom. The zero-order chi connectivity index (χ0) is 14.5. The molecule has 0 fully saturated rings. The fourth-order valence-corrected chi connectivity index (χ4v) is 2.01. The number of rotatable bonds is 4. The molecule has 0 aliphatic heterocycles. The number of benzene rings is 1. The Morgan fingerprint density at radius 3 is 2.60 bits per heavy atom. The number of aryl methyl sites for hydroxylation is 1. The van der Waals surface area contributed by atoms with E-state index in [9.17, 15) is 9.90 Å². The molecular weight excluding hydrogens is 252 g/mol. The van der Waals surface area contributed by atoms with Crippen molar-refractivity contribution in [1.82, 2.24) is 10.3 Å². The van der Waals surface area contributed by atoms with Crippen molar-refractivity contribution in [2.45, 2.75) is 26.3 Å². The summed E-state index contributed by atoms with van der Waals surface area (Å²) in [4.78, 5) is 16.0. The Kier molecular flexibility index (Phi) is 4.35. The summed E-state index contributed by atoms with van der Waals surface area (Å²) in [5.41, 5.74) is 2.61. The minimum atomic E-state index is -0.235. The van der Waals surface area contributed by atoms with Crippen LogP contribution >= 0.6 is 0 Å². The van der Waals surface area contributed by atoms with Crippen LogP contribution in [-0.2, 0) is 0 Å². The fourth-order valence-electron chi connectivity index (χ4n) is 2.01. The van der Waals surface area contributed by atoms with E-state index in [1.165, 1.54) is 24.0 Å². The van der Waals surface area contributed by atoms with E-state index in [0.29, 0.717) is 5.56 Å². The molecule has 0 bridgehead atoms. The van der Waals surface area contributed by atoms with Crippen molar-refractivity contribution < 1.29 is 9.90 Å². The summed E-state index contributed by atoms with van der Waals surface area (Å²) in [6.45, 7) is 4.05. The second-order valence-corrected chi connectivity index (χ2v) is 4.78. The van der Waals surface area contributed by atoms with Gasteiger partial charge in [0.2, 0.25) is 0 Å². The molecule has 0 aliphatic rings. The lowest BCUT2D eigenvalue weighted by molar-refractivity contribution is 0.0935. The van der Waals surface area contributed by atoms with Crippen LogP contribution < -0.4 is 5.32 Å². The first-order valence-electron chi connectivity index (χ1n) is 6.61. The zero-order valence-corrected chi connectivity index (χ0v) is 11.6. The third-order valence-electron chi connectivity index (χ3n) is 3.18. The molecule has 1 atom stereocenters. The van der Waals surface area contributed by atoms with Gasteiger partial charge in [-0.25, -0.2) is 0 Å². The lowest BCUT2D eigenvalue weighted by Crippen LogP contribution is -2.28. The molecule has 0 aliphatic carbocycles. The maximum atomic E-state index is 12.1. The van der Waals surface area contributed by atoms with E-state index in [1.807, 2.05) is 38.1 Å². The lowest BCUT2D eigenvalue weighted by Gasteiger charge is -2.17. The van der Waals surface area contributed by atoms with Crippen LogP contribution in [0.15, 0.2) is 42.7 Å². The van der Waals surface area contributed by atoms with E-state index in [2.05, 4.69) is 10.3 Å². The van der Waals surface area contributed by atoms with Crippen molar-refractivity contribution in [2.75, 3.05) is 0 Å². The molecular formula is C16H18N2O2. The number of carbonyl (C=O) groups excluding carboxylic acids is 1. The second kappa shape index (κ2) is 6.19. The number of nitrogens with one attached hydrogen (secondary N) is 1. The quantitative estimate of drug-likeness (QED) is 0.897. The third kappa shape index (κ3) is 3.35. The second-order valence-electron chi connectivity index (χ2n) is 4.78. The molecule has 1 aromatic carbocycles. The highest BCUT2D eigenvalue weighted by atomic mass is 16.3. The Bertz CT molecular complexity index is 594. The van der Waals surface area contributed by atoms with Crippen LogP contribution in [0.1, 0.15) is 40.9 Å². The third-order valence-corrected chi connectivity index (χ3v) is 3.18. The van der Waals surface area contributed by atoms with Gasteiger partial charge in [0.05, 0.1) is 17.8 Å². The molecule has 0 radical (unpaired) electrons. The maximum Gasteiger partial charge on any atom is 0.253 e. The number of aromatic hydroxyl groups is 1. The van der Waals surface area contributed by atoms with E-state index >= 15 is 0 Å². The minimum absolute atomic E-state index is 0.0129. The van der Waals surface area contributed by atoms with E-state index in [1.54, 1.807) is 0 Å². The van der Waals surface area contributed by atoms with Gasteiger partial charge in [-0.1, -0.05) is 36.8 Å². The number of pyridine rings is 1. The Balaban J connectivity index is 2.14. The molecule has 1 heterocycles. The largest absolute Gasteiger partial charge is 0.506 e. The molecule has 1 amide bonds. The molecule has 4 heteroatoms. The summed E-state index contributed by atoms with van der Waals surface area (Å²) >= 11 is 0. The van der Waals surface area contributed by atoms with Crippen molar-refractivity contribution >= 4 is 5.91 Å². The summed E-state index contributed by atoms with van der Waals surface area (Å²) in [7, 11) is 0. The van der Waals surface area contributed by atoms with E-state index in [4.69, 9.17) is 0 Å². The van der Waals surface area contributed by atoms with Gasteiger partial charge in [-0.3, -0.25) is 9.78 Å². The van der Waals surface area contributed by atoms with E-state index in [-0.39, 0.29) is 17.7 Å². The van der Waals surface area contributed by atoms with Gasteiger partial charge in [0.15, 0.2) is 0 Å². The molecule has 4 nitrogen and oxygen atoms in total. The Labute approximate surface area is 118 Å². The SMILES string of the molecule is CCC(NC(=O)c1cncc(O)c1)c1ccc(C)cc1. The Morgan fingerprint density at radius 1 is 1.30 bits per heavy atom. The van der Waals surface area contributed by atoms with Crippen molar-refractivity contribution in [3.8, 4) is 5.75 Å². The van der Waals surface area contributed by atoms with Gasteiger partial charge in [-0.05, 0) is 25.0 Å². The molecule has 0 spiro atoms. The highest BCUT2D eigenvalue weighted by Gasteiger charge is 2.14. The summed E-state index contributed by atoms with van der Waals surface area (Å²) in [5, 5.41) is 12.3. The van der Waals surface area contributed by atoms with Crippen molar-refractivity contribution in [2.24, 2.45) is 0 Å². The molecule has 2 N–H and O–H groups in total. The topological polar surface area (TPSA) is 62.2 Å². The lowest BCUT2D eigenvalue weighted by atomic mass is 10.0. The van der Waals surface area contributed by atoms with Crippen LogP contribution in [0.3, 0.4) is 0 Å². The van der Waals surface area contributed by atoms with E-state index < -0.39 is 0 Å².